The molecular formula is C27H27BrN2O3S. The van der Waals surface area contributed by atoms with Crippen molar-refractivity contribution in [2.75, 3.05) is 30.0 Å². The molecule has 2 aromatic rings. The van der Waals surface area contributed by atoms with Crippen LogP contribution in [-0.4, -0.2) is 39.3 Å². The lowest BCUT2D eigenvalue weighted by Gasteiger charge is -2.38. The van der Waals surface area contributed by atoms with E-state index in [-0.39, 0.29) is 22.9 Å². The van der Waals surface area contributed by atoms with Crippen molar-refractivity contribution in [1.82, 2.24) is 0 Å². The van der Waals surface area contributed by atoms with Gasteiger partial charge in [0.15, 0.2) is 5.78 Å². The summed E-state index contributed by atoms with van der Waals surface area (Å²) in [5.74, 6) is 0.495. The molecule has 0 bridgehead atoms. The number of carbonyl (C=O) groups excluding carboxylic acids is 1. The Bertz CT molecular complexity index is 1410. The Morgan fingerprint density at radius 3 is 2.50 bits per heavy atom. The number of hydrogen-bond acceptors (Lipinski definition) is 5. The maximum atomic E-state index is 13.7. The summed E-state index contributed by atoms with van der Waals surface area (Å²) in [6.07, 6.45) is 3.67. The van der Waals surface area contributed by atoms with Crippen LogP contribution < -0.4 is 4.90 Å². The van der Waals surface area contributed by atoms with Crippen molar-refractivity contribution >= 4 is 42.8 Å². The van der Waals surface area contributed by atoms with Crippen molar-refractivity contribution in [2.45, 2.75) is 38.5 Å². The number of nitriles is 1. The Morgan fingerprint density at radius 2 is 1.85 bits per heavy atom. The van der Waals surface area contributed by atoms with Crippen LogP contribution in [0.25, 0.3) is 5.57 Å². The van der Waals surface area contributed by atoms with Crippen LogP contribution in [0, 0.1) is 17.2 Å². The highest BCUT2D eigenvalue weighted by Crippen LogP contribution is 2.51. The summed E-state index contributed by atoms with van der Waals surface area (Å²) in [5, 5.41) is 9.31. The van der Waals surface area contributed by atoms with Crippen molar-refractivity contribution in [2.24, 2.45) is 5.92 Å². The van der Waals surface area contributed by atoms with Gasteiger partial charge in [-0.3, -0.25) is 4.79 Å². The van der Waals surface area contributed by atoms with Crippen LogP contribution in [0.15, 0.2) is 40.4 Å². The van der Waals surface area contributed by atoms with Crippen molar-refractivity contribution in [3.8, 4) is 6.07 Å². The van der Waals surface area contributed by atoms with Gasteiger partial charge in [0.1, 0.15) is 9.84 Å². The van der Waals surface area contributed by atoms with Crippen LogP contribution >= 0.6 is 15.9 Å². The molecule has 2 aromatic carbocycles. The minimum Gasteiger partial charge on any atom is -0.371 e. The summed E-state index contributed by atoms with van der Waals surface area (Å²) in [4.78, 5) is 16.0. The average molecular weight is 539 g/mol. The fraction of sp³-hybridized carbons (Fsp3) is 0.407. The monoisotopic (exact) mass is 538 g/mol. The largest absolute Gasteiger partial charge is 0.371 e. The van der Waals surface area contributed by atoms with Crippen molar-refractivity contribution in [3.63, 3.8) is 0 Å². The maximum absolute atomic E-state index is 13.7. The molecule has 3 aliphatic rings. The zero-order chi connectivity index (χ0) is 24.4. The summed E-state index contributed by atoms with van der Waals surface area (Å²) in [5.41, 5.74) is 7.01. The Kier molecular flexibility index (Phi) is 5.53. The van der Waals surface area contributed by atoms with Gasteiger partial charge in [0.05, 0.1) is 23.1 Å². The van der Waals surface area contributed by atoms with Crippen LogP contribution in [-0.2, 0) is 21.7 Å². The molecule has 0 unspecified atom stereocenters. The number of allylic oxidation sites excluding steroid dienone is 2. The second-order valence-corrected chi connectivity index (χ2v) is 13.4. The highest BCUT2D eigenvalue weighted by molar-refractivity contribution is 9.10. The highest BCUT2D eigenvalue weighted by Gasteiger charge is 2.43. The number of halogens is 1. The minimum atomic E-state index is -2.97. The number of benzene rings is 2. The van der Waals surface area contributed by atoms with E-state index in [0.717, 1.165) is 69.5 Å². The Balaban J connectivity index is 1.49. The van der Waals surface area contributed by atoms with E-state index in [4.69, 9.17) is 0 Å². The van der Waals surface area contributed by atoms with E-state index in [9.17, 15) is 18.5 Å². The van der Waals surface area contributed by atoms with Crippen LogP contribution in [0.3, 0.4) is 0 Å². The van der Waals surface area contributed by atoms with E-state index in [0.29, 0.717) is 12.0 Å². The molecular weight excluding hydrogens is 512 g/mol. The van der Waals surface area contributed by atoms with E-state index in [2.05, 4.69) is 46.8 Å². The number of fused-ring (bicyclic) bond motifs is 3. The predicted octanol–water partition coefficient (Wildman–Crippen LogP) is 5.07. The fourth-order valence-corrected chi connectivity index (χ4v) is 7.65. The summed E-state index contributed by atoms with van der Waals surface area (Å²) in [7, 11) is -2.97. The van der Waals surface area contributed by atoms with Crippen LogP contribution in [0.1, 0.15) is 59.3 Å². The van der Waals surface area contributed by atoms with Crippen LogP contribution in [0.2, 0.25) is 0 Å². The number of carbonyl (C=O) groups is 1. The molecule has 1 saturated heterocycles. The quantitative estimate of drug-likeness (QED) is 0.545. The molecule has 1 fully saturated rings. The lowest BCUT2D eigenvalue weighted by molar-refractivity contribution is 0.105. The second kappa shape index (κ2) is 8.07. The zero-order valence-corrected chi connectivity index (χ0v) is 22.0. The third-order valence-electron chi connectivity index (χ3n) is 7.65. The van der Waals surface area contributed by atoms with Gasteiger partial charge in [0.25, 0.3) is 0 Å². The first kappa shape index (κ1) is 23.3. The summed E-state index contributed by atoms with van der Waals surface area (Å²) in [6, 6.07) is 11.9. The van der Waals surface area contributed by atoms with Gasteiger partial charge in [-0.2, -0.15) is 5.26 Å². The molecule has 0 N–H and O–H groups in total. The fourth-order valence-electron chi connectivity index (χ4n) is 5.86. The Labute approximate surface area is 209 Å². The van der Waals surface area contributed by atoms with Gasteiger partial charge in [0.2, 0.25) is 0 Å². The van der Waals surface area contributed by atoms with Gasteiger partial charge >= 0.3 is 0 Å². The normalized spacial score (nSPS) is 19.5. The zero-order valence-electron chi connectivity index (χ0n) is 19.6. The van der Waals surface area contributed by atoms with Gasteiger partial charge in [-0.1, -0.05) is 19.9 Å². The number of rotatable bonds is 3. The number of Topliss-reactive ketones (excluding diaryl/α,β-unsaturated/α-hetero) is 1. The Morgan fingerprint density at radius 1 is 1.15 bits per heavy atom. The molecule has 0 radical (unpaired) electrons. The predicted molar refractivity (Wildman–Crippen MR) is 138 cm³/mol. The SMILES string of the molecule is CC1(C)C2=C(C(=O)c3cc(Br)c(N4CCC(CS(C)(=O)=O)CC4)cc31)c1ccc(C#N)cc1C2. The number of piperidine rings is 1. The lowest BCUT2D eigenvalue weighted by atomic mass is 9.68. The standard InChI is InChI=1S/C27H27BrN2O3S/c1-27(2)21-13-24(30-8-6-16(7-9-30)15-34(3,32)33)23(28)12-20(21)26(31)25-19-5-4-17(14-29)10-18(19)11-22(25)27/h4-5,10,12-13,16H,6-9,11,15H2,1-3H3. The first-order valence-corrected chi connectivity index (χ1v) is 14.4. The van der Waals surface area contributed by atoms with Crippen molar-refractivity contribution in [3.05, 3.63) is 68.2 Å². The smallest absolute Gasteiger partial charge is 0.193 e. The first-order chi connectivity index (χ1) is 16.0. The minimum absolute atomic E-state index is 0.0480. The van der Waals surface area contributed by atoms with Gasteiger partial charge in [-0.25, -0.2) is 8.42 Å². The molecule has 1 aliphatic heterocycles. The third kappa shape index (κ3) is 3.81. The topological polar surface area (TPSA) is 78.2 Å². The summed E-state index contributed by atoms with van der Waals surface area (Å²) in [6.45, 7) is 5.95. The third-order valence-corrected chi connectivity index (χ3v) is 9.36. The first-order valence-electron chi connectivity index (χ1n) is 11.6. The number of ketones is 1. The number of anilines is 1. The molecule has 5 nitrogen and oxygen atoms in total. The van der Waals surface area contributed by atoms with E-state index in [1.54, 1.807) is 6.07 Å². The Hall–Kier alpha value is -2.43. The molecule has 2 aliphatic carbocycles. The van der Waals surface area contributed by atoms with Gasteiger partial charge in [-0.15, -0.1) is 0 Å². The number of hydrogen-bond donors (Lipinski definition) is 0. The van der Waals surface area contributed by atoms with E-state index in [1.807, 2.05) is 18.2 Å². The molecule has 7 heteroatoms. The molecule has 0 spiro atoms. The molecule has 34 heavy (non-hydrogen) atoms. The lowest BCUT2D eigenvalue weighted by Crippen LogP contribution is -2.37. The molecule has 0 saturated carbocycles. The van der Waals surface area contributed by atoms with E-state index >= 15 is 0 Å². The molecule has 0 atom stereocenters. The summed E-state index contributed by atoms with van der Waals surface area (Å²) >= 11 is 3.72. The second-order valence-electron chi connectivity index (χ2n) is 10.3. The molecule has 176 valence electrons. The van der Waals surface area contributed by atoms with E-state index < -0.39 is 9.84 Å². The van der Waals surface area contributed by atoms with Crippen molar-refractivity contribution < 1.29 is 13.2 Å². The van der Waals surface area contributed by atoms with E-state index in [1.165, 1.54) is 6.26 Å². The van der Waals surface area contributed by atoms with Crippen LogP contribution in [0.5, 0.6) is 0 Å². The number of sulfone groups is 1. The molecule has 0 amide bonds. The summed E-state index contributed by atoms with van der Waals surface area (Å²) < 4.78 is 24.3. The van der Waals surface area contributed by atoms with Crippen LogP contribution in [0.4, 0.5) is 5.69 Å². The average Bonchev–Trinajstić information content (AvgIpc) is 3.17. The molecule has 0 aromatic heterocycles. The van der Waals surface area contributed by atoms with Crippen molar-refractivity contribution in [1.29, 1.82) is 5.26 Å². The van der Waals surface area contributed by atoms with Gasteiger partial charge in [0, 0.05) is 40.4 Å². The highest BCUT2D eigenvalue weighted by atomic mass is 79.9. The maximum Gasteiger partial charge on any atom is 0.193 e. The van der Waals surface area contributed by atoms with Gasteiger partial charge < -0.3 is 4.90 Å². The molecule has 1 heterocycles. The van der Waals surface area contributed by atoms with Gasteiger partial charge in [-0.05, 0) is 87.6 Å². The molecule has 5 rings (SSSR count). The number of nitrogens with zero attached hydrogens (tertiary/aromatic N) is 2.